The predicted molar refractivity (Wildman–Crippen MR) is 64.7 cm³/mol. The molecule has 8 nitrogen and oxygen atoms in total. The maximum Gasteiger partial charge on any atom is 0.333 e. The van der Waals surface area contributed by atoms with Crippen LogP contribution < -0.4 is 0 Å². The molecule has 0 fully saturated rings. The second-order valence-electron chi connectivity index (χ2n) is 3.93. The van der Waals surface area contributed by atoms with Gasteiger partial charge in [0.25, 0.3) is 0 Å². The van der Waals surface area contributed by atoms with Crippen molar-refractivity contribution >= 4 is 23.9 Å². The Morgan fingerprint density at radius 1 is 0.750 bits per heavy atom. The van der Waals surface area contributed by atoms with E-state index >= 15 is 0 Å². The van der Waals surface area contributed by atoms with Crippen LogP contribution in [0.5, 0.6) is 0 Å². The third kappa shape index (κ3) is 3.81. The number of rotatable bonds is 6. The molecule has 0 bridgehead atoms. The average molecular weight is 288 g/mol. The van der Waals surface area contributed by atoms with Crippen LogP contribution in [-0.2, 0) is 28.7 Å². The number of aliphatic carboxylic acids is 2. The third-order valence-corrected chi connectivity index (χ3v) is 2.73. The van der Waals surface area contributed by atoms with E-state index in [9.17, 15) is 19.2 Å². The van der Waals surface area contributed by atoms with Crippen molar-refractivity contribution < 1.29 is 38.9 Å². The van der Waals surface area contributed by atoms with E-state index in [4.69, 9.17) is 10.2 Å². The number of esters is 2. The molecule has 0 saturated carbocycles. The lowest BCUT2D eigenvalue weighted by Gasteiger charge is -2.17. The summed E-state index contributed by atoms with van der Waals surface area (Å²) < 4.78 is 8.79. The highest BCUT2D eigenvalue weighted by Gasteiger charge is 2.35. The fourth-order valence-electron chi connectivity index (χ4n) is 1.66. The molecule has 0 amide bonds. The van der Waals surface area contributed by atoms with E-state index in [0.717, 1.165) is 14.2 Å². The normalized spacial score (nSPS) is 14.6. The summed E-state index contributed by atoms with van der Waals surface area (Å²) in [4.78, 5) is 45.3. The van der Waals surface area contributed by atoms with Crippen LogP contribution in [0, 0.1) is 11.8 Å². The number of hydrogen-bond donors (Lipinski definition) is 2. The van der Waals surface area contributed by atoms with Gasteiger partial charge in [-0.2, -0.15) is 0 Å². The molecule has 2 unspecified atom stereocenters. The molecule has 0 aromatic heterocycles. The van der Waals surface area contributed by atoms with Gasteiger partial charge < -0.3 is 19.7 Å². The molecule has 8 heteroatoms. The lowest BCUT2D eigenvalue weighted by molar-refractivity contribution is -0.148. The molecule has 0 aromatic rings. The molecule has 112 valence electrons. The first-order chi connectivity index (χ1) is 9.18. The van der Waals surface area contributed by atoms with Crippen molar-refractivity contribution in [2.45, 2.75) is 13.8 Å². The van der Waals surface area contributed by atoms with Gasteiger partial charge in [0, 0.05) is 0 Å². The van der Waals surface area contributed by atoms with Gasteiger partial charge >= 0.3 is 23.9 Å². The van der Waals surface area contributed by atoms with E-state index in [1.54, 1.807) is 0 Å². The van der Waals surface area contributed by atoms with Crippen molar-refractivity contribution in [3.8, 4) is 0 Å². The van der Waals surface area contributed by atoms with Gasteiger partial charge in [-0.3, -0.25) is 9.59 Å². The number of hydrogen-bond acceptors (Lipinski definition) is 6. The summed E-state index contributed by atoms with van der Waals surface area (Å²) in [5.74, 6) is -7.74. The molecule has 20 heavy (non-hydrogen) atoms. The summed E-state index contributed by atoms with van der Waals surface area (Å²) in [5, 5.41) is 18.3. The number of methoxy groups -OCH3 is 2. The maximum absolute atomic E-state index is 11.4. The highest BCUT2D eigenvalue weighted by atomic mass is 16.5. The zero-order chi connectivity index (χ0) is 16.0. The largest absolute Gasteiger partial charge is 0.478 e. The van der Waals surface area contributed by atoms with Gasteiger partial charge in [-0.05, 0) is 13.8 Å². The van der Waals surface area contributed by atoms with Crippen LogP contribution >= 0.6 is 0 Å². The monoisotopic (exact) mass is 288 g/mol. The second-order valence-corrected chi connectivity index (χ2v) is 3.93. The first kappa shape index (κ1) is 17.6. The topological polar surface area (TPSA) is 127 Å². The highest BCUT2D eigenvalue weighted by molar-refractivity contribution is 6.05. The molecule has 0 rings (SSSR count). The first-order valence-electron chi connectivity index (χ1n) is 5.55. The number of carboxylic acid groups (broad SMARTS) is 2. The van der Waals surface area contributed by atoms with Crippen molar-refractivity contribution in [3.63, 3.8) is 0 Å². The molecule has 0 aliphatic heterocycles. The van der Waals surface area contributed by atoms with Gasteiger partial charge in [0.2, 0.25) is 0 Å². The van der Waals surface area contributed by atoms with Crippen molar-refractivity contribution in [1.82, 2.24) is 0 Å². The minimum Gasteiger partial charge on any atom is -0.478 e. The summed E-state index contributed by atoms with van der Waals surface area (Å²) in [7, 11) is 2.09. The fraction of sp³-hybridized carbons (Fsp3) is 0.500. The molecule has 0 aliphatic rings. The Kier molecular flexibility index (Phi) is 6.40. The summed E-state index contributed by atoms with van der Waals surface area (Å²) >= 11 is 0. The Morgan fingerprint density at radius 2 is 1.00 bits per heavy atom. The zero-order valence-electron chi connectivity index (χ0n) is 11.5. The minimum absolute atomic E-state index is 0.706. The minimum atomic E-state index is -1.61. The first-order valence-corrected chi connectivity index (χ1v) is 5.55. The number of carboxylic acids is 2. The molecule has 0 aliphatic carbocycles. The van der Waals surface area contributed by atoms with Crippen LogP contribution in [0.25, 0.3) is 0 Å². The molecule has 0 spiro atoms. The smallest absolute Gasteiger partial charge is 0.333 e. The maximum atomic E-state index is 11.4. The third-order valence-electron chi connectivity index (χ3n) is 2.73. The van der Waals surface area contributed by atoms with Crippen LogP contribution in [-0.4, -0.2) is 48.3 Å². The molecule has 0 aromatic carbocycles. The highest BCUT2D eigenvalue weighted by Crippen LogP contribution is 2.24. The molecule has 0 heterocycles. The van der Waals surface area contributed by atoms with Crippen LogP contribution in [0.1, 0.15) is 13.8 Å². The van der Waals surface area contributed by atoms with Crippen LogP contribution in [0.3, 0.4) is 0 Å². The van der Waals surface area contributed by atoms with Crippen LogP contribution in [0.4, 0.5) is 0 Å². The summed E-state index contributed by atoms with van der Waals surface area (Å²) in [5.41, 5.74) is -1.41. The van der Waals surface area contributed by atoms with Crippen molar-refractivity contribution in [3.05, 3.63) is 11.1 Å². The summed E-state index contributed by atoms with van der Waals surface area (Å²) in [6, 6.07) is 0. The van der Waals surface area contributed by atoms with Gasteiger partial charge in [-0.25, -0.2) is 9.59 Å². The fourth-order valence-corrected chi connectivity index (χ4v) is 1.66. The number of carbonyl (C=O) groups is 4. The summed E-state index contributed by atoms with van der Waals surface area (Å²) in [6.07, 6.45) is 0. The number of ether oxygens (including phenoxy) is 2. The van der Waals surface area contributed by atoms with Crippen LogP contribution in [0.15, 0.2) is 11.1 Å². The molecule has 2 atom stereocenters. The van der Waals surface area contributed by atoms with Crippen LogP contribution in [0.2, 0.25) is 0 Å². The zero-order valence-corrected chi connectivity index (χ0v) is 11.5. The van der Waals surface area contributed by atoms with E-state index in [1.807, 2.05) is 0 Å². The molecule has 0 saturated heterocycles. The van der Waals surface area contributed by atoms with E-state index < -0.39 is 46.9 Å². The SMILES string of the molecule is COC(=O)C(C)C(C(=O)O)=C(C(=O)O)C(C)C(=O)OC. The van der Waals surface area contributed by atoms with E-state index in [0.29, 0.717) is 0 Å². The standard InChI is InChI=1S/C12H16O8/c1-5(11(17)19-3)7(9(13)14)8(10(15)16)6(2)12(18)20-4/h5-6H,1-4H3,(H,13,14)(H,15,16). The van der Waals surface area contributed by atoms with E-state index in [2.05, 4.69) is 9.47 Å². The second kappa shape index (κ2) is 7.27. The summed E-state index contributed by atoms with van der Waals surface area (Å²) in [6.45, 7) is 2.37. The van der Waals surface area contributed by atoms with E-state index in [-0.39, 0.29) is 0 Å². The molecular weight excluding hydrogens is 272 g/mol. The molecular formula is C12H16O8. The molecule has 2 N–H and O–H groups in total. The van der Waals surface area contributed by atoms with Gasteiger partial charge in [-0.15, -0.1) is 0 Å². The van der Waals surface area contributed by atoms with Crippen molar-refractivity contribution in [2.24, 2.45) is 11.8 Å². The van der Waals surface area contributed by atoms with Crippen molar-refractivity contribution in [2.75, 3.05) is 14.2 Å². The average Bonchev–Trinajstić information content (AvgIpc) is 2.40. The van der Waals surface area contributed by atoms with Gasteiger partial charge in [0.1, 0.15) is 0 Å². The Hall–Kier alpha value is -2.38. The molecule has 0 radical (unpaired) electrons. The Bertz CT molecular complexity index is 420. The van der Waals surface area contributed by atoms with Gasteiger partial charge in [0.15, 0.2) is 0 Å². The lowest BCUT2D eigenvalue weighted by Crippen LogP contribution is -2.29. The predicted octanol–water partition coefficient (Wildman–Crippen LogP) is 0.0704. The lowest BCUT2D eigenvalue weighted by atomic mass is 9.88. The van der Waals surface area contributed by atoms with Gasteiger partial charge in [-0.1, -0.05) is 0 Å². The van der Waals surface area contributed by atoms with E-state index in [1.165, 1.54) is 13.8 Å². The van der Waals surface area contributed by atoms with Crippen molar-refractivity contribution in [1.29, 1.82) is 0 Å². The Morgan fingerprint density at radius 3 is 1.15 bits per heavy atom. The number of carbonyl (C=O) groups excluding carboxylic acids is 2. The Balaban J connectivity index is 6.07. The van der Waals surface area contributed by atoms with Gasteiger partial charge in [0.05, 0.1) is 37.2 Å². The quantitative estimate of drug-likeness (QED) is 0.519. The Labute approximate surface area is 115 Å².